The number of thiol groups is 1. The van der Waals surface area contributed by atoms with Crippen molar-refractivity contribution in [2.75, 3.05) is 12.3 Å². The summed E-state index contributed by atoms with van der Waals surface area (Å²) < 4.78 is 0. The minimum Gasteiger partial charge on any atom is -0.481 e. The largest absolute Gasteiger partial charge is 0.481 e. The second kappa shape index (κ2) is 15.2. The molecule has 0 aromatic carbocycles. The van der Waals surface area contributed by atoms with E-state index >= 15 is 0 Å². The number of rotatable bonds is 16. The van der Waals surface area contributed by atoms with Crippen LogP contribution in [-0.2, 0) is 30.4 Å². The molecule has 36 heavy (non-hydrogen) atoms. The van der Waals surface area contributed by atoms with Crippen LogP contribution >= 0.6 is 12.6 Å². The number of nitrogens with zero attached hydrogens (tertiary/aromatic N) is 2. The zero-order valence-electron chi connectivity index (χ0n) is 19.2. The summed E-state index contributed by atoms with van der Waals surface area (Å²) in [5, 5.41) is 25.0. The van der Waals surface area contributed by atoms with E-state index in [9.17, 15) is 29.1 Å². The summed E-state index contributed by atoms with van der Waals surface area (Å²) in [5.41, 5.74) is 17.0. The highest BCUT2D eigenvalue weighted by Crippen LogP contribution is 2.04. The standard InChI is InChI=1S/C19H31N9O7S/c20-10(4-9-6-23-8-25-9)15(31)28-13(7-36)17(33)26-11(2-1-3-24-19(21)22)16(32)27-12(18(34)35)5-14(29)30/h6,8,10-13,36H,1-5,7,20H2,(H,23,25)(H,26,33)(H,27,32)(H,28,31)(H,29,30)(H,34,35)(H4,21,22,24). The van der Waals surface area contributed by atoms with E-state index in [0.717, 1.165) is 0 Å². The smallest absolute Gasteiger partial charge is 0.326 e. The average Bonchev–Trinajstić information content (AvgIpc) is 3.30. The molecular formula is C19H31N9O7S. The van der Waals surface area contributed by atoms with Gasteiger partial charge in [-0.15, -0.1) is 0 Å². The molecule has 0 aliphatic heterocycles. The van der Waals surface area contributed by atoms with Gasteiger partial charge in [0.15, 0.2) is 5.96 Å². The van der Waals surface area contributed by atoms with Crippen molar-refractivity contribution in [3.8, 4) is 0 Å². The molecule has 1 rings (SSSR count). The number of aliphatic carboxylic acids is 2. The van der Waals surface area contributed by atoms with Gasteiger partial charge in [-0.1, -0.05) is 0 Å². The summed E-state index contributed by atoms with van der Waals surface area (Å²) in [6.45, 7) is 0.106. The topological polar surface area (TPSA) is 281 Å². The Morgan fingerprint density at radius 1 is 1.03 bits per heavy atom. The van der Waals surface area contributed by atoms with Gasteiger partial charge in [-0.25, -0.2) is 9.78 Å². The molecule has 0 saturated heterocycles. The number of nitrogens with one attached hydrogen (secondary N) is 4. The molecular weight excluding hydrogens is 498 g/mol. The van der Waals surface area contributed by atoms with Gasteiger partial charge in [-0.2, -0.15) is 12.6 Å². The number of aliphatic imine (C=N–C) groups is 1. The number of carboxylic acid groups (broad SMARTS) is 2. The second-order valence-corrected chi connectivity index (χ2v) is 8.00. The lowest BCUT2D eigenvalue weighted by atomic mass is 10.1. The number of imidazole rings is 1. The molecule has 0 aliphatic carbocycles. The summed E-state index contributed by atoms with van der Waals surface area (Å²) in [7, 11) is 0. The molecule has 4 unspecified atom stereocenters. The first-order chi connectivity index (χ1) is 16.9. The van der Waals surface area contributed by atoms with Gasteiger partial charge in [0, 0.05) is 30.6 Å². The van der Waals surface area contributed by atoms with Gasteiger partial charge in [0.1, 0.15) is 18.1 Å². The van der Waals surface area contributed by atoms with Crippen LogP contribution < -0.4 is 33.2 Å². The predicted molar refractivity (Wildman–Crippen MR) is 130 cm³/mol. The third-order valence-corrected chi connectivity index (χ3v) is 5.08. The molecule has 16 nitrogen and oxygen atoms in total. The summed E-state index contributed by atoms with van der Waals surface area (Å²) in [6, 6.07) is -5.21. The van der Waals surface area contributed by atoms with E-state index < -0.39 is 60.2 Å². The van der Waals surface area contributed by atoms with Crippen LogP contribution in [0, 0.1) is 0 Å². The summed E-state index contributed by atoms with van der Waals surface area (Å²) in [6.07, 6.45) is 2.35. The molecule has 12 N–H and O–H groups in total. The Kier molecular flexibility index (Phi) is 12.7. The minimum atomic E-state index is -1.73. The van der Waals surface area contributed by atoms with Crippen LogP contribution in [0.3, 0.4) is 0 Å². The molecule has 0 spiro atoms. The first-order valence-electron chi connectivity index (χ1n) is 10.7. The zero-order chi connectivity index (χ0) is 27.3. The molecule has 0 fully saturated rings. The second-order valence-electron chi connectivity index (χ2n) is 7.64. The molecule has 1 aromatic heterocycles. The number of aromatic nitrogens is 2. The monoisotopic (exact) mass is 529 g/mol. The molecule has 17 heteroatoms. The first kappa shape index (κ1) is 30.2. The van der Waals surface area contributed by atoms with Gasteiger partial charge in [0.2, 0.25) is 17.7 Å². The normalized spacial score (nSPS) is 13.9. The predicted octanol–water partition coefficient (Wildman–Crippen LogP) is -3.72. The van der Waals surface area contributed by atoms with Gasteiger partial charge in [-0.3, -0.25) is 24.2 Å². The van der Waals surface area contributed by atoms with Crippen molar-refractivity contribution in [2.24, 2.45) is 22.2 Å². The van der Waals surface area contributed by atoms with Crippen LogP contribution in [0.15, 0.2) is 17.5 Å². The van der Waals surface area contributed by atoms with E-state index in [4.69, 9.17) is 22.3 Å². The average molecular weight is 530 g/mol. The summed E-state index contributed by atoms with van der Waals surface area (Å²) >= 11 is 4.07. The lowest BCUT2D eigenvalue weighted by Crippen LogP contribution is -2.58. The quantitative estimate of drug-likeness (QED) is 0.0430. The van der Waals surface area contributed by atoms with Gasteiger partial charge >= 0.3 is 11.9 Å². The third-order valence-electron chi connectivity index (χ3n) is 4.72. The first-order valence-corrected chi connectivity index (χ1v) is 11.3. The Balaban J connectivity index is 2.89. The third kappa shape index (κ3) is 11.0. The maximum Gasteiger partial charge on any atom is 0.326 e. The molecule has 0 aliphatic rings. The van der Waals surface area contributed by atoms with Gasteiger partial charge in [0.25, 0.3) is 0 Å². The van der Waals surface area contributed by atoms with Crippen LogP contribution in [0.2, 0.25) is 0 Å². The molecule has 1 aromatic rings. The van der Waals surface area contributed by atoms with Gasteiger partial charge in [0.05, 0.1) is 18.8 Å². The Bertz CT molecular complexity index is 938. The van der Waals surface area contributed by atoms with E-state index in [2.05, 4.69) is 43.5 Å². The number of guanidine groups is 1. The van der Waals surface area contributed by atoms with E-state index in [1.165, 1.54) is 12.5 Å². The Morgan fingerprint density at radius 3 is 2.17 bits per heavy atom. The zero-order valence-corrected chi connectivity index (χ0v) is 20.1. The van der Waals surface area contributed by atoms with Crippen LogP contribution in [0.5, 0.6) is 0 Å². The number of hydrogen-bond donors (Lipinski definition) is 10. The lowest BCUT2D eigenvalue weighted by Gasteiger charge is -2.24. The SMILES string of the molecule is NC(N)=NCCCC(NC(=O)C(CS)NC(=O)C(N)Cc1cnc[nH]1)C(=O)NC(CC(=O)O)C(=O)O. The maximum absolute atomic E-state index is 12.8. The van der Waals surface area contributed by atoms with Crippen LogP contribution in [0.25, 0.3) is 0 Å². The van der Waals surface area contributed by atoms with Gasteiger partial charge in [-0.05, 0) is 12.8 Å². The highest BCUT2D eigenvalue weighted by molar-refractivity contribution is 7.80. The Hall–Kier alpha value is -3.86. The molecule has 3 amide bonds. The van der Waals surface area contributed by atoms with Crippen molar-refractivity contribution in [3.63, 3.8) is 0 Å². The van der Waals surface area contributed by atoms with E-state index in [1.807, 2.05) is 0 Å². The number of hydrogen-bond acceptors (Lipinski definition) is 9. The van der Waals surface area contributed by atoms with E-state index in [-0.39, 0.29) is 37.5 Å². The number of aromatic amines is 1. The molecule has 1 heterocycles. The number of nitrogens with two attached hydrogens (primary N) is 3. The summed E-state index contributed by atoms with van der Waals surface area (Å²) in [5.74, 6) is -5.73. The number of H-pyrrole nitrogens is 1. The highest BCUT2D eigenvalue weighted by Gasteiger charge is 2.30. The fourth-order valence-electron chi connectivity index (χ4n) is 2.89. The fraction of sp³-hybridized carbons (Fsp3) is 0.526. The molecule has 0 bridgehead atoms. The van der Waals surface area contributed by atoms with Crippen molar-refractivity contribution >= 4 is 48.2 Å². The lowest BCUT2D eigenvalue weighted by molar-refractivity contribution is -0.147. The Morgan fingerprint density at radius 2 is 1.64 bits per heavy atom. The van der Waals surface area contributed by atoms with Crippen LogP contribution in [0.4, 0.5) is 0 Å². The molecule has 0 saturated carbocycles. The molecule has 0 radical (unpaired) electrons. The number of carbonyl (C=O) groups excluding carboxylic acids is 3. The molecule has 4 atom stereocenters. The van der Waals surface area contributed by atoms with E-state index in [0.29, 0.717) is 5.69 Å². The Labute approximate surface area is 211 Å². The number of amides is 3. The van der Waals surface area contributed by atoms with Crippen LogP contribution in [-0.4, -0.2) is 92.3 Å². The van der Waals surface area contributed by atoms with Crippen molar-refractivity contribution in [2.45, 2.75) is 49.9 Å². The van der Waals surface area contributed by atoms with Crippen molar-refractivity contribution in [1.82, 2.24) is 25.9 Å². The number of carbonyl (C=O) groups is 5. The van der Waals surface area contributed by atoms with Crippen molar-refractivity contribution < 1.29 is 34.2 Å². The van der Waals surface area contributed by atoms with Crippen molar-refractivity contribution in [1.29, 1.82) is 0 Å². The van der Waals surface area contributed by atoms with E-state index in [1.54, 1.807) is 0 Å². The van der Waals surface area contributed by atoms with Crippen molar-refractivity contribution in [3.05, 3.63) is 18.2 Å². The minimum absolute atomic E-state index is 0.0274. The summed E-state index contributed by atoms with van der Waals surface area (Å²) in [4.78, 5) is 70.6. The highest BCUT2D eigenvalue weighted by atomic mass is 32.1. The van der Waals surface area contributed by atoms with Crippen LogP contribution in [0.1, 0.15) is 25.0 Å². The molecule has 200 valence electrons. The number of carboxylic acids is 2. The maximum atomic E-state index is 12.8. The van der Waals surface area contributed by atoms with Gasteiger partial charge < -0.3 is 48.3 Å². The fourth-order valence-corrected chi connectivity index (χ4v) is 3.15.